The van der Waals surface area contributed by atoms with Gasteiger partial charge in [0.05, 0.1) is 34.0 Å². The van der Waals surface area contributed by atoms with E-state index in [1.807, 2.05) is 39.0 Å². The van der Waals surface area contributed by atoms with E-state index in [2.05, 4.69) is 35.5 Å². The number of aromatic amines is 2. The minimum atomic E-state index is -0.799. The van der Waals surface area contributed by atoms with E-state index < -0.39 is 12.0 Å². The predicted octanol–water partition coefficient (Wildman–Crippen LogP) is 5.54. The standard InChI is InChI=1S/C28H25FN8O/c1-28(2,3)27(38)33-17-12-16(13-31-14-17)18-4-5-19-21(22(18)29)25(37-36-19)26-34-20-8-11-32-23(24(20)35-26)15-6-9-30-10-7-15/h4-14,27,33,38H,1-3H3,(H,34,35)(H,36,37). The summed E-state index contributed by atoms with van der Waals surface area (Å²) in [5, 5.41) is 21.1. The van der Waals surface area contributed by atoms with Crippen molar-refractivity contribution < 1.29 is 9.50 Å². The zero-order chi connectivity index (χ0) is 26.4. The molecule has 5 aromatic heterocycles. The second-order valence-corrected chi connectivity index (χ2v) is 10.2. The molecule has 0 aliphatic heterocycles. The first kappa shape index (κ1) is 23.7. The normalized spacial score (nSPS) is 12.8. The molecule has 0 spiro atoms. The van der Waals surface area contributed by atoms with Crippen LogP contribution in [0.2, 0.25) is 0 Å². The van der Waals surface area contributed by atoms with E-state index in [1.165, 1.54) is 0 Å². The van der Waals surface area contributed by atoms with Crippen molar-refractivity contribution in [1.82, 2.24) is 35.1 Å². The molecule has 0 saturated carbocycles. The van der Waals surface area contributed by atoms with Crippen molar-refractivity contribution in [3.63, 3.8) is 0 Å². The van der Waals surface area contributed by atoms with Gasteiger partial charge in [0.15, 0.2) is 5.82 Å². The molecule has 0 radical (unpaired) electrons. The SMILES string of the molecule is CC(C)(C)C(O)Nc1cncc(-c2ccc3[nH]nc(-c4nc5c(-c6ccncc6)nccc5[nH]4)c3c2F)c1. The molecule has 0 bridgehead atoms. The lowest BCUT2D eigenvalue weighted by Gasteiger charge is -2.27. The second-order valence-electron chi connectivity index (χ2n) is 10.2. The molecule has 4 N–H and O–H groups in total. The Hall–Kier alpha value is -4.70. The van der Waals surface area contributed by atoms with E-state index in [0.717, 1.165) is 11.1 Å². The molecule has 190 valence electrons. The van der Waals surface area contributed by atoms with Gasteiger partial charge >= 0.3 is 0 Å². The molecule has 6 aromatic rings. The number of aliphatic hydroxyl groups is 1. The number of aromatic nitrogens is 7. The van der Waals surface area contributed by atoms with E-state index in [1.54, 1.807) is 49.2 Å². The maximum atomic E-state index is 16.1. The molecule has 0 aliphatic rings. The first-order valence-electron chi connectivity index (χ1n) is 12.1. The van der Waals surface area contributed by atoms with Crippen molar-refractivity contribution in [3.8, 4) is 33.9 Å². The Morgan fingerprint density at radius 2 is 1.74 bits per heavy atom. The fraction of sp³-hybridized carbons (Fsp3) is 0.179. The van der Waals surface area contributed by atoms with Crippen molar-refractivity contribution in [3.05, 3.63) is 73.2 Å². The van der Waals surface area contributed by atoms with Gasteiger partial charge in [-0.25, -0.2) is 9.37 Å². The molecule has 5 heterocycles. The number of nitrogens with zero attached hydrogens (tertiary/aromatic N) is 5. The van der Waals surface area contributed by atoms with Crippen molar-refractivity contribution >= 4 is 27.6 Å². The number of hydrogen-bond acceptors (Lipinski definition) is 7. The molecule has 1 aromatic carbocycles. The zero-order valence-electron chi connectivity index (χ0n) is 21.0. The molecule has 1 atom stereocenters. The summed E-state index contributed by atoms with van der Waals surface area (Å²) in [5.41, 5.74) is 5.02. The molecule has 1 unspecified atom stereocenters. The average molecular weight is 509 g/mol. The van der Waals surface area contributed by atoms with Crippen molar-refractivity contribution in [1.29, 1.82) is 0 Å². The van der Waals surface area contributed by atoms with Crippen LogP contribution in [0.1, 0.15) is 20.8 Å². The molecule has 38 heavy (non-hydrogen) atoms. The van der Waals surface area contributed by atoms with Gasteiger partial charge in [-0.15, -0.1) is 0 Å². The quantitative estimate of drug-likeness (QED) is 0.225. The van der Waals surface area contributed by atoms with Gasteiger partial charge in [-0.1, -0.05) is 20.8 Å². The minimum absolute atomic E-state index is 0.313. The molecule has 0 aliphatic carbocycles. The lowest BCUT2D eigenvalue weighted by molar-refractivity contribution is 0.0880. The highest BCUT2D eigenvalue weighted by Crippen LogP contribution is 2.35. The summed E-state index contributed by atoms with van der Waals surface area (Å²) in [4.78, 5) is 20.9. The number of H-pyrrole nitrogens is 2. The van der Waals surface area contributed by atoms with Gasteiger partial charge in [-0.05, 0) is 36.4 Å². The largest absolute Gasteiger partial charge is 0.373 e. The molecular weight excluding hydrogens is 483 g/mol. The lowest BCUT2D eigenvalue weighted by Crippen LogP contribution is -2.33. The number of pyridine rings is 3. The summed E-state index contributed by atoms with van der Waals surface area (Å²) >= 11 is 0. The molecule has 0 saturated heterocycles. The van der Waals surface area contributed by atoms with E-state index in [4.69, 9.17) is 4.98 Å². The van der Waals surface area contributed by atoms with Crippen LogP contribution in [0.5, 0.6) is 0 Å². The topological polar surface area (TPSA) is 128 Å². The lowest BCUT2D eigenvalue weighted by atomic mass is 9.94. The highest BCUT2D eigenvalue weighted by Gasteiger charge is 2.23. The Balaban J connectivity index is 1.44. The zero-order valence-corrected chi connectivity index (χ0v) is 21.0. The van der Waals surface area contributed by atoms with Crippen LogP contribution in [-0.4, -0.2) is 46.5 Å². The van der Waals surface area contributed by atoms with E-state index in [0.29, 0.717) is 50.4 Å². The first-order valence-corrected chi connectivity index (χ1v) is 12.1. The monoisotopic (exact) mass is 508 g/mol. The number of fused-ring (bicyclic) bond motifs is 2. The molecule has 0 fully saturated rings. The number of hydrogen-bond donors (Lipinski definition) is 4. The minimum Gasteiger partial charge on any atom is -0.373 e. The molecular formula is C28H25FN8O. The van der Waals surface area contributed by atoms with Gasteiger partial charge in [-0.2, -0.15) is 5.10 Å². The van der Waals surface area contributed by atoms with Gasteiger partial charge in [0, 0.05) is 46.9 Å². The van der Waals surface area contributed by atoms with Crippen molar-refractivity contribution in [2.24, 2.45) is 5.41 Å². The van der Waals surface area contributed by atoms with Crippen LogP contribution in [0, 0.1) is 11.2 Å². The van der Waals surface area contributed by atoms with Gasteiger partial charge in [0.1, 0.15) is 23.3 Å². The Kier molecular flexibility index (Phi) is 5.61. The summed E-state index contributed by atoms with van der Waals surface area (Å²) in [6.45, 7) is 5.76. The molecule has 6 rings (SSSR count). The number of aliphatic hydroxyl groups excluding tert-OH is 1. The Bertz CT molecular complexity index is 1770. The second kappa shape index (κ2) is 9.00. The van der Waals surface area contributed by atoms with Gasteiger partial charge in [0.25, 0.3) is 0 Å². The summed E-state index contributed by atoms with van der Waals surface area (Å²) in [6.07, 6.45) is 7.49. The van der Waals surface area contributed by atoms with Crippen LogP contribution in [-0.2, 0) is 0 Å². The third kappa shape index (κ3) is 4.14. The van der Waals surface area contributed by atoms with E-state index >= 15 is 4.39 Å². The van der Waals surface area contributed by atoms with Crippen LogP contribution in [0.25, 0.3) is 55.8 Å². The summed E-state index contributed by atoms with van der Waals surface area (Å²) in [5.74, 6) is -0.0260. The maximum Gasteiger partial charge on any atom is 0.159 e. The van der Waals surface area contributed by atoms with Crippen LogP contribution in [0.15, 0.2) is 67.4 Å². The molecule has 0 amide bonds. The molecule has 10 heteroatoms. The average Bonchev–Trinajstić information content (AvgIpc) is 3.54. The van der Waals surface area contributed by atoms with E-state index in [9.17, 15) is 5.11 Å². The number of nitrogens with one attached hydrogen (secondary N) is 3. The fourth-order valence-electron chi connectivity index (χ4n) is 4.28. The summed E-state index contributed by atoms with van der Waals surface area (Å²) in [7, 11) is 0. The highest BCUT2D eigenvalue weighted by molar-refractivity contribution is 5.98. The number of rotatable bonds is 5. The van der Waals surface area contributed by atoms with Gasteiger partial charge in [0.2, 0.25) is 0 Å². The number of anilines is 1. The van der Waals surface area contributed by atoms with Crippen molar-refractivity contribution in [2.75, 3.05) is 5.32 Å². The van der Waals surface area contributed by atoms with Gasteiger partial charge in [-0.3, -0.25) is 20.1 Å². The van der Waals surface area contributed by atoms with Crippen LogP contribution in [0.4, 0.5) is 10.1 Å². The van der Waals surface area contributed by atoms with Crippen LogP contribution < -0.4 is 5.32 Å². The third-order valence-corrected chi connectivity index (χ3v) is 6.42. The van der Waals surface area contributed by atoms with Gasteiger partial charge < -0.3 is 15.4 Å². The van der Waals surface area contributed by atoms with Crippen LogP contribution >= 0.6 is 0 Å². The highest BCUT2D eigenvalue weighted by atomic mass is 19.1. The van der Waals surface area contributed by atoms with Crippen molar-refractivity contribution in [2.45, 2.75) is 27.0 Å². The Morgan fingerprint density at radius 1 is 0.921 bits per heavy atom. The number of imidazole rings is 1. The Morgan fingerprint density at radius 3 is 2.53 bits per heavy atom. The number of benzene rings is 1. The van der Waals surface area contributed by atoms with E-state index in [-0.39, 0.29) is 5.41 Å². The number of halogens is 1. The third-order valence-electron chi connectivity index (χ3n) is 6.42. The first-order chi connectivity index (χ1) is 18.3. The fourth-order valence-corrected chi connectivity index (χ4v) is 4.28. The Labute approximate surface area is 217 Å². The summed E-state index contributed by atoms with van der Waals surface area (Å²) in [6, 6.07) is 10.8. The van der Waals surface area contributed by atoms with Crippen LogP contribution in [0.3, 0.4) is 0 Å². The predicted molar refractivity (Wildman–Crippen MR) is 144 cm³/mol. The summed E-state index contributed by atoms with van der Waals surface area (Å²) < 4.78 is 16.1. The smallest absolute Gasteiger partial charge is 0.159 e. The maximum absolute atomic E-state index is 16.1. The molecule has 9 nitrogen and oxygen atoms in total.